The van der Waals surface area contributed by atoms with E-state index in [-0.39, 0.29) is 11.8 Å². The highest BCUT2D eigenvalue weighted by atomic mass is 35.5. The Bertz CT molecular complexity index is 458. The number of likely N-dealkylation sites (tertiary alicyclic amines) is 1. The molecule has 1 aromatic carbocycles. The molecule has 0 N–H and O–H groups in total. The van der Waals surface area contributed by atoms with Gasteiger partial charge >= 0.3 is 6.18 Å². The number of hydrogen-bond donors (Lipinski definition) is 0. The van der Waals surface area contributed by atoms with Gasteiger partial charge < -0.3 is 4.90 Å². The largest absolute Gasteiger partial charge is 0.416 e. The molecule has 0 bridgehead atoms. The molecule has 1 fully saturated rings. The highest BCUT2D eigenvalue weighted by Gasteiger charge is 2.31. The lowest BCUT2D eigenvalue weighted by Gasteiger charge is -2.16. The number of halogens is 4. The average molecular weight is 292 g/mol. The molecule has 1 saturated heterocycles. The lowest BCUT2D eigenvalue weighted by atomic mass is 10.1. The first-order valence-corrected chi connectivity index (χ1v) is 6.43. The Balaban J connectivity index is 2.02. The highest BCUT2D eigenvalue weighted by Crippen LogP contribution is 2.29. The summed E-state index contributed by atoms with van der Waals surface area (Å²) in [6.45, 7) is 0.910. The second-order valence-electron chi connectivity index (χ2n) is 4.69. The van der Waals surface area contributed by atoms with Gasteiger partial charge in [-0.1, -0.05) is 12.1 Å². The van der Waals surface area contributed by atoms with Gasteiger partial charge in [-0.25, -0.2) is 0 Å². The van der Waals surface area contributed by atoms with Crippen LogP contribution >= 0.6 is 11.6 Å². The molecule has 19 heavy (non-hydrogen) atoms. The fourth-order valence-corrected chi connectivity index (χ4v) is 2.34. The number of amides is 1. The van der Waals surface area contributed by atoms with Gasteiger partial charge in [0, 0.05) is 25.4 Å². The van der Waals surface area contributed by atoms with Gasteiger partial charge in [0.15, 0.2) is 0 Å². The summed E-state index contributed by atoms with van der Waals surface area (Å²) in [5, 5.41) is 0. The van der Waals surface area contributed by atoms with Crippen LogP contribution in [0.15, 0.2) is 24.3 Å². The summed E-state index contributed by atoms with van der Waals surface area (Å²) in [6, 6.07) is 4.89. The molecule has 6 heteroatoms. The monoisotopic (exact) mass is 291 g/mol. The van der Waals surface area contributed by atoms with E-state index in [0.29, 0.717) is 31.0 Å². The van der Waals surface area contributed by atoms with Crippen molar-refractivity contribution in [3.63, 3.8) is 0 Å². The molecule has 0 aliphatic carbocycles. The molecule has 0 aromatic heterocycles. The van der Waals surface area contributed by atoms with Crippen molar-refractivity contribution in [1.82, 2.24) is 4.90 Å². The Morgan fingerprint density at radius 3 is 2.37 bits per heavy atom. The van der Waals surface area contributed by atoms with Crippen LogP contribution in [0.25, 0.3) is 0 Å². The molecule has 1 aliphatic heterocycles. The zero-order valence-electron chi connectivity index (χ0n) is 10.1. The van der Waals surface area contributed by atoms with E-state index in [9.17, 15) is 18.0 Å². The number of benzene rings is 1. The molecule has 0 radical (unpaired) electrons. The van der Waals surface area contributed by atoms with E-state index in [0.717, 1.165) is 12.1 Å². The normalized spacial score (nSPS) is 20.1. The third kappa shape index (κ3) is 3.41. The van der Waals surface area contributed by atoms with Crippen molar-refractivity contribution in [3.8, 4) is 0 Å². The molecular weight excluding hydrogens is 279 g/mol. The van der Waals surface area contributed by atoms with Gasteiger partial charge in [-0.2, -0.15) is 13.2 Å². The van der Waals surface area contributed by atoms with E-state index in [4.69, 9.17) is 11.6 Å². The number of carbonyl (C=O) groups is 1. The Kier molecular flexibility index (Phi) is 4.04. The van der Waals surface area contributed by atoms with Crippen molar-refractivity contribution in [2.24, 2.45) is 5.92 Å². The van der Waals surface area contributed by atoms with Gasteiger partial charge in [-0.15, -0.1) is 11.6 Å². The Morgan fingerprint density at radius 2 is 1.89 bits per heavy atom. The van der Waals surface area contributed by atoms with Crippen LogP contribution in [0.5, 0.6) is 0 Å². The Morgan fingerprint density at radius 1 is 1.26 bits per heavy atom. The van der Waals surface area contributed by atoms with Crippen LogP contribution in [-0.2, 0) is 17.5 Å². The van der Waals surface area contributed by atoms with Crippen LogP contribution in [0.3, 0.4) is 0 Å². The summed E-state index contributed by atoms with van der Waals surface area (Å²) in [4.78, 5) is 13.3. The molecule has 1 atom stereocenters. The fraction of sp³-hybridized carbons (Fsp3) is 0.462. The van der Waals surface area contributed by atoms with Crippen molar-refractivity contribution in [3.05, 3.63) is 35.4 Å². The number of rotatable bonds is 3. The second-order valence-corrected chi connectivity index (χ2v) is 5.00. The van der Waals surface area contributed by atoms with Crippen molar-refractivity contribution in [2.45, 2.75) is 19.1 Å². The van der Waals surface area contributed by atoms with Gasteiger partial charge in [0.05, 0.1) is 5.56 Å². The Hall–Kier alpha value is -1.23. The smallest absolute Gasteiger partial charge is 0.338 e. The minimum absolute atomic E-state index is 0.00514. The number of alkyl halides is 4. The molecule has 2 rings (SSSR count). The first-order chi connectivity index (χ1) is 8.90. The third-order valence-corrected chi connectivity index (χ3v) is 3.60. The molecule has 1 heterocycles. The quantitative estimate of drug-likeness (QED) is 0.783. The van der Waals surface area contributed by atoms with E-state index in [1.165, 1.54) is 12.1 Å². The van der Waals surface area contributed by atoms with E-state index in [2.05, 4.69) is 0 Å². The maximum atomic E-state index is 12.4. The third-order valence-electron chi connectivity index (χ3n) is 3.17. The number of hydrogen-bond acceptors (Lipinski definition) is 1. The first-order valence-electron chi connectivity index (χ1n) is 5.90. The SMILES string of the molecule is O=C1CC(CCl)CN1Cc1ccc(C(F)(F)F)cc1. The maximum Gasteiger partial charge on any atom is 0.416 e. The second kappa shape index (κ2) is 5.41. The van der Waals surface area contributed by atoms with E-state index >= 15 is 0 Å². The lowest BCUT2D eigenvalue weighted by Crippen LogP contribution is -2.24. The molecular formula is C13H13ClF3NO. The molecule has 1 amide bonds. The molecule has 0 saturated carbocycles. The van der Waals surface area contributed by atoms with Gasteiger partial charge in [0.25, 0.3) is 0 Å². The standard InChI is InChI=1S/C13H13ClF3NO/c14-6-10-5-12(19)18(8-10)7-9-1-3-11(4-2-9)13(15,16)17/h1-4,10H,5-8H2. The fourth-order valence-electron chi connectivity index (χ4n) is 2.13. The summed E-state index contributed by atoms with van der Waals surface area (Å²) in [7, 11) is 0. The van der Waals surface area contributed by atoms with Crippen molar-refractivity contribution >= 4 is 17.5 Å². The summed E-state index contributed by atoms with van der Waals surface area (Å²) in [5.41, 5.74) is 0.0132. The predicted molar refractivity (Wildman–Crippen MR) is 65.7 cm³/mol. The summed E-state index contributed by atoms with van der Waals surface area (Å²) >= 11 is 5.71. The van der Waals surface area contributed by atoms with Gasteiger partial charge in [-0.05, 0) is 23.6 Å². The summed E-state index contributed by atoms with van der Waals surface area (Å²) < 4.78 is 37.2. The minimum Gasteiger partial charge on any atom is -0.338 e. The number of carbonyl (C=O) groups excluding carboxylic acids is 1. The first kappa shape index (κ1) is 14.2. The van der Waals surface area contributed by atoms with E-state index in [1.807, 2.05) is 0 Å². The average Bonchev–Trinajstić information content (AvgIpc) is 2.70. The molecule has 0 spiro atoms. The van der Waals surface area contributed by atoms with Crippen molar-refractivity contribution in [1.29, 1.82) is 0 Å². The minimum atomic E-state index is -4.33. The maximum absolute atomic E-state index is 12.4. The molecule has 104 valence electrons. The van der Waals surface area contributed by atoms with Crippen LogP contribution in [0.1, 0.15) is 17.5 Å². The van der Waals surface area contributed by atoms with Crippen LogP contribution < -0.4 is 0 Å². The van der Waals surface area contributed by atoms with Crippen LogP contribution in [0.2, 0.25) is 0 Å². The highest BCUT2D eigenvalue weighted by molar-refractivity contribution is 6.18. The molecule has 1 aliphatic rings. The lowest BCUT2D eigenvalue weighted by molar-refractivity contribution is -0.137. The van der Waals surface area contributed by atoms with Gasteiger partial charge in [-0.3, -0.25) is 4.79 Å². The van der Waals surface area contributed by atoms with Gasteiger partial charge in [0.1, 0.15) is 0 Å². The zero-order chi connectivity index (χ0) is 14.0. The van der Waals surface area contributed by atoms with Gasteiger partial charge in [0.2, 0.25) is 5.91 Å². The molecule has 1 aromatic rings. The van der Waals surface area contributed by atoms with Crippen molar-refractivity contribution < 1.29 is 18.0 Å². The molecule has 1 unspecified atom stereocenters. The van der Waals surface area contributed by atoms with E-state index in [1.54, 1.807) is 4.90 Å². The van der Waals surface area contributed by atoms with Crippen molar-refractivity contribution in [2.75, 3.05) is 12.4 Å². The Labute approximate surface area is 114 Å². The topological polar surface area (TPSA) is 20.3 Å². The van der Waals surface area contributed by atoms with Crippen LogP contribution in [0, 0.1) is 5.92 Å². The predicted octanol–water partition coefficient (Wildman–Crippen LogP) is 3.29. The van der Waals surface area contributed by atoms with E-state index < -0.39 is 11.7 Å². The number of nitrogens with zero attached hydrogens (tertiary/aromatic N) is 1. The summed E-state index contributed by atoms with van der Waals surface area (Å²) in [6.07, 6.45) is -3.91. The summed E-state index contributed by atoms with van der Waals surface area (Å²) in [5.74, 6) is 0.573. The zero-order valence-corrected chi connectivity index (χ0v) is 10.8. The molecule has 2 nitrogen and oxygen atoms in total. The van der Waals surface area contributed by atoms with Crippen LogP contribution in [0.4, 0.5) is 13.2 Å². The van der Waals surface area contributed by atoms with Crippen LogP contribution in [-0.4, -0.2) is 23.2 Å².